The summed E-state index contributed by atoms with van der Waals surface area (Å²) in [7, 11) is 0. The molecule has 11 rings (SSSR count). The zero-order valence-electron chi connectivity index (χ0n) is 37.2. The van der Waals surface area contributed by atoms with Crippen LogP contribution in [-0.4, -0.2) is 19.1 Å². The molecule has 4 heterocycles. The van der Waals surface area contributed by atoms with Gasteiger partial charge in [-0.15, -0.1) is 34.8 Å². The molecule has 0 aliphatic rings. The molecule has 0 spiro atoms. The third-order valence-corrected chi connectivity index (χ3v) is 12.9. The van der Waals surface area contributed by atoms with Gasteiger partial charge in [0.1, 0.15) is 11.6 Å². The summed E-state index contributed by atoms with van der Waals surface area (Å²) in [5, 5.41) is 4.61. The summed E-state index contributed by atoms with van der Waals surface area (Å²) in [6.07, 6.45) is 1.86. The largest absolute Gasteiger partial charge is 2.00 e. The van der Waals surface area contributed by atoms with Crippen LogP contribution in [0.2, 0.25) is 0 Å². The normalized spacial score (nSPS) is 12.1. The third-order valence-electron chi connectivity index (χ3n) is 12.9. The van der Waals surface area contributed by atoms with Gasteiger partial charge in [-0.3, -0.25) is 4.57 Å². The summed E-state index contributed by atoms with van der Waals surface area (Å²) in [4.78, 5) is 15.7. The van der Waals surface area contributed by atoms with Crippen molar-refractivity contribution in [2.75, 3.05) is 0 Å². The van der Waals surface area contributed by atoms with Gasteiger partial charge in [-0.25, -0.2) is 9.97 Å². The van der Waals surface area contributed by atoms with Crippen LogP contribution in [0.1, 0.15) is 77.0 Å². The molecule has 0 N–H and O–H groups in total. The van der Waals surface area contributed by atoms with Crippen LogP contribution < -0.4 is 4.98 Å². The molecule has 7 aromatic carbocycles. The molecular weight excluding hydrogens is 962 g/mol. The second-order valence-corrected chi connectivity index (χ2v) is 18.6. The number of benzene rings is 7. The predicted octanol–water partition coefficient (Wildman–Crippen LogP) is 15.1. The number of imidazole rings is 1. The maximum absolute atomic E-state index is 5.64. The Balaban J connectivity index is 0.00000484. The van der Waals surface area contributed by atoms with E-state index in [2.05, 4.69) is 203 Å². The fourth-order valence-corrected chi connectivity index (χ4v) is 9.69. The summed E-state index contributed by atoms with van der Waals surface area (Å²) in [6, 6.07) is 58.6. The van der Waals surface area contributed by atoms with E-state index in [4.69, 9.17) is 15.0 Å². The van der Waals surface area contributed by atoms with E-state index in [0.717, 1.165) is 83.3 Å². The number of para-hydroxylation sites is 3. The van der Waals surface area contributed by atoms with E-state index in [-0.39, 0.29) is 26.5 Å². The number of fused-ring (bicyclic) bond motifs is 7. The van der Waals surface area contributed by atoms with Crippen molar-refractivity contribution in [3.8, 4) is 45.1 Å². The van der Waals surface area contributed by atoms with Crippen LogP contribution in [0.25, 0.3) is 99.8 Å². The molecule has 0 saturated carbocycles. The zero-order chi connectivity index (χ0) is 43.1. The number of aromatic nitrogens is 5. The van der Waals surface area contributed by atoms with Crippen LogP contribution in [0.5, 0.6) is 0 Å². The number of pyridine rings is 1. The van der Waals surface area contributed by atoms with Crippen molar-refractivity contribution in [1.82, 2.24) is 24.1 Å². The Kier molecular flexibility index (Phi) is 10.3. The van der Waals surface area contributed by atoms with Crippen molar-refractivity contribution in [1.29, 1.82) is 0 Å². The van der Waals surface area contributed by atoms with Gasteiger partial charge >= 0.3 is 21.1 Å². The van der Waals surface area contributed by atoms with Gasteiger partial charge in [0, 0.05) is 23.0 Å². The van der Waals surface area contributed by atoms with Gasteiger partial charge in [-0.1, -0.05) is 163 Å². The summed E-state index contributed by atoms with van der Waals surface area (Å²) in [5.41, 5.74) is 16.6. The first-order chi connectivity index (χ1) is 30.5. The Morgan fingerprint density at radius 1 is 0.594 bits per heavy atom. The number of nitrogens with zero attached hydrogens (tertiary/aromatic N) is 5. The molecule has 0 unspecified atom stereocenters. The van der Waals surface area contributed by atoms with Gasteiger partial charge in [0.15, 0.2) is 0 Å². The van der Waals surface area contributed by atoms with Gasteiger partial charge in [-0.2, -0.15) is 0 Å². The van der Waals surface area contributed by atoms with Gasteiger partial charge in [0.05, 0.1) is 11.0 Å². The summed E-state index contributed by atoms with van der Waals surface area (Å²) < 4.78 is 4.58. The van der Waals surface area contributed by atoms with Gasteiger partial charge in [0.2, 0.25) is 0 Å². The van der Waals surface area contributed by atoms with E-state index in [9.17, 15) is 0 Å². The van der Waals surface area contributed by atoms with E-state index in [1.807, 2.05) is 18.3 Å². The predicted molar refractivity (Wildman–Crippen MR) is 264 cm³/mol. The average molecular weight is 1010 g/mol. The van der Waals surface area contributed by atoms with E-state index in [0.29, 0.717) is 11.8 Å². The SMILES string of the molecule is CC(C)c1cccc(C(C)C)c1-c1ccc(-n2c(-c3cccc4c3[n-]c3ccccc34)nc3c(-c4[c-]c5c(cc4)c4cc(C(C)(C)C)ccc4n5-c4ccccn4)cccc32)cc1.[Pt+2]. The van der Waals surface area contributed by atoms with Crippen molar-refractivity contribution >= 4 is 54.6 Å². The van der Waals surface area contributed by atoms with Crippen LogP contribution >= 0.6 is 0 Å². The molecule has 0 atom stereocenters. The molecule has 11 aromatic rings. The van der Waals surface area contributed by atoms with Crippen molar-refractivity contribution in [3.05, 3.63) is 181 Å². The van der Waals surface area contributed by atoms with Crippen molar-refractivity contribution in [2.24, 2.45) is 0 Å². The summed E-state index contributed by atoms with van der Waals surface area (Å²) in [6.45, 7) is 16.0. The third kappa shape index (κ3) is 6.72. The smallest absolute Gasteiger partial charge is 0.656 e. The Hall–Kier alpha value is -6.55. The molecule has 0 aliphatic carbocycles. The first-order valence-corrected chi connectivity index (χ1v) is 22.2. The Labute approximate surface area is 389 Å². The second kappa shape index (κ2) is 15.9. The summed E-state index contributed by atoms with van der Waals surface area (Å²) >= 11 is 0. The Morgan fingerprint density at radius 2 is 1.30 bits per heavy atom. The van der Waals surface area contributed by atoms with Gasteiger partial charge in [0.25, 0.3) is 0 Å². The molecule has 0 saturated heterocycles. The topological polar surface area (TPSA) is 49.7 Å². The molecule has 0 amide bonds. The van der Waals surface area contributed by atoms with Crippen LogP contribution in [-0.2, 0) is 26.5 Å². The molecule has 0 aliphatic heterocycles. The van der Waals surface area contributed by atoms with Gasteiger partial charge < -0.3 is 9.55 Å². The maximum atomic E-state index is 5.64. The van der Waals surface area contributed by atoms with Crippen molar-refractivity contribution in [2.45, 2.75) is 65.7 Å². The number of hydrogen-bond donors (Lipinski definition) is 0. The average Bonchev–Trinajstić information content (AvgIpc) is 3.98. The van der Waals surface area contributed by atoms with E-state index >= 15 is 0 Å². The van der Waals surface area contributed by atoms with E-state index < -0.39 is 0 Å². The number of hydrogen-bond acceptors (Lipinski definition) is 2. The van der Waals surface area contributed by atoms with Crippen LogP contribution in [0.3, 0.4) is 0 Å². The molecule has 6 heteroatoms. The fourth-order valence-electron chi connectivity index (χ4n) is 9.69. The minimum atomic E-state index is 0. The molecule has 316 valence electrons. The minimum Gasteiger partial charge on any atom is -0.656 e. The molecule has 0 fully saturated rings. The number of rotatable bonds is 7. The molecule has 64 heavy (non-hydrogen) atoms. The fraction of sp³-hybridized carbons (Fsp3) is 0.172. The van der Waals surface area contributed by atoms with E-state index in [1.54, 1.807) is 0 Å². The quantitative estimate of drug-likeness (QED) is 0.150. The molecule has 0 bridgehead atoms. The Morgan fingerprint density at radius 3 is 2.03 bits per heavy atom. The van der Waals surface area contributed by atoms with Crippen LogP contribution in [0.15, 0.2) is 158 Å². The molecule has 4 aromatic heterocycles. The Bertz CT molecular complexity index is 3520. The minimum absolute atomic E-state index is 0. The van der Waals surface area contributed by atoms with Crippen LogP contribution in [0.4, 0.5) is 0 Å². The van der Waals surface area contributed by atoms with Crippen LogP contribution in [0, 0.1) is 6.07 Å². The van der Waals surface area contributed by atoms with E-state index in [1.165, 1.54) is 33.2 Å². The summed E-state index contributed by atoms with van der Waals surface area (Å²) in [5.74, 6) is 2.51. The molecule has 5 nitrogen and oxygen atoms in total. The maximum Gasteiger partial charge on any atom is 2.00 e. The first-order valence-electron chi connectivity index (χ1n) is 22.2. The molecule has 0 radical (unpaired) electrons. The van der Waals surface area contributed by atoms with Crippen molar-refractivity contribution < 1.29 is 21.1 Å². The standard InChI is InChI=1S/C58H49N5.Pt/c1-35(2)41-16-12-17-42(36(3)4)54(41)37-24-28-40(29-25-37)62-51-22-14-18-43(56(51)61-57(62)47-20-13-19-46-44-15-8-9-21-49(44)60-55(46)47)38-26-30-45-48-34-39(58(5,6)7)27-31-50(48)63(52(45)33-38)53-23-10-11-32-59-53;/h8-32,34-36H,1-7H3;/q-2;+2. The first kappa shape index (κ1) is 41.5. The zero-order valence-corrected chi connectivity index (χ0v) is 39.5. The van der Waals surface area contributed by atoms with Crippen molar-refractivity contribution in [3.63, 3.8) is 0 Å². The van der Waals surface area contributed by atoms with Gasteiger partial charge in [-0.05, 0) is 103 Å². The monoisotopic (exact) mass is 1010 g/mol. The molecular formula is C58H49N5Pt. The second-order valence-electron chi connectivity index (χ2n) is 18.6.